The number of fused-ring (bicyclic) bond motifs is 7. The van der Waals surface area contributed by atoms with Gasteiger partial charge in [0.25, 0.3) is 0 Å². The molecule has 2 aliphatic heterocycles. The molecule has 312 valence electrons. The highest BCUT2D eigenvalue weighted by molar-refractivity contribution is 5.77. The highest BCUT2D eigenvalue weighted by atomic mass is 16.7. The van der Waals surface area contributed by atoms with E-state index in [1.165, 1.54) is 5.57 Å². The zero-order chi connectivity index (χ0) is 40.3. The van der Waals surface area contributed by atoms with Crippen LogP contribution in [0.2, 0.25) is 0 Å². The molecule has 6 N–H and O–H groups in total. The van der Waals surface area contributed by atoms with Gasteiger partial charge < -0.3 is 54.3 Å². The van der Waals surface area contributed by atoms with E-state index in [0.29, 0.717) is 18.8 Å². The van der Waals surface area contributed by atoms with Crippen LogP contribution in [0.3, 0.4) is 0 Å². The first-order valence-electron chi connectivity index (χ1n) is 20.6. The number of rotatable bonds is 6. The summed E-state index contributed by atoms with van der Waals surface area (Å²) in [7, 11) is 1.15. The van der Waals surface area contributed by atoms with Gasteiger partial charge in [-0.3, -0.25) is 4.79 Å². The van der Waals surface area contributed by atoms with E-state index in [0.717, 1.165) is 58.5 Å². The van der Waals surface area contributed by atoms with Crippen LogP contribution in [0.5, 0.6) is 0 Å². The maximum Gasteiger partial charge on any atom is 0.337 e. The molecule has 0 aromatic carbocycles. The number of hydrogen-bond acceptors (Lipinski definition) is 12. The average Bonchev–Trinajstić information content (AvgIpc) is 3.11. The lowest BCUT2D eigenvalue weighted by Gasteiger charge is -2.71. The summed E-state index contributed by atoms with van der Waals surface area (Å²) in [5.74, 6) is -0.884. The molecule has 17 unspecified atom stereocenters. The summed E-state index contributed by atoms with van der Waals surface area (Å²) in [6.07, 6.45) is -3.44. The lowest BCUT2D eigenvalue weighted by molar-refractivity contribution is -0.357. The maximum atomic E-state index is 13.1. The minimum atomic E-state index is -1.73. The van der Waals surface area contributed by atoms with Gasteiger partial charge in [0.05, 0.1) is 25.2 Å². The predicted molar refractivity (Wildman–Crippen MR) is 197 cm³/mol. The van der Waals surface area contributed by atoms with Crippen molar-refractivity contribution in [1.82, 2.24) is 0 Å². The van der Waals surface area contributed by atoms with Crippen molar-refractivity contribution in [3.63, 3.8) is 0 Å². The Balaban J connectivity index is 1.13. The van der Waals surface area contributed by atoms with Crippen LogP contribution in [-0.4, -0.2) is 118 Å². The van der Waals surface area contributed by atoms with E-state index in [1.54, 1.807) is 0 Å². The van der Waals surface area contributed by atoms with Gasteiger partial charge in [-0.05, 0) is 109 Å². The lowest BCUT2D eigenvalue weighted by Crippen LogP contribution is -2.67. The molecule has 0 bridgehead atoms. The van der Waals surface area contributed by atoms with E-state index in [9.17, 15) is 40.2 Å². The van der Waals surface area contributed by atoms with Crippen molar-refractivity contribution >= 4 is 11.9 Å². The molecular weight excluding hydrogens is 712 g/mol. The summed E-state index contributed by atoms with van der Waals surface area (Å²) < 4.78 is 28.7. The number of carboxylic acids is 1. The van der Waals surface area contributed by atoms with Crippen molar-refractivity contribution in [2.24, 2.45) is 50.2 Å². The molecule has 13 nitrogen and oxygen atoms in total. The second-order valence-electron chi connectivity index (χ2n) is 20.4. The van der Waals surface area contributed by atoms with E-state index in [1.807, 2.05) is 0 Å². The Labute approximate surface area is 325 Å². The normalized spacial score (nSPS) is 51.7. The van der Waals surface area contributed by atoms with E-state index < -0.39 is 84.2 Å². The third kappa shape index (κ3) is 6.19. The number of carbonyl (C=O) groups is 2. The van der Waals surface area contributed by atoms with Crippen molar-refractivity contribution in [3.8, 4) is 0 Å². The molecule has 2 saturated heterocycles. The number of esters is 1. The molecule has 4 saturated carbocycles. The van der Waals surface area contributed by atoms with Gasteiger partial charge in [-0.25, -0.2) is 4.79 Å². The molecule has 55 heavy (non-hydrogen) atoms. The van der Waals surface area contributed by atoms with E-state index in [2.05, 4.69) is 54.5 Å². The lowest BCUT2D eigenvalue weighted by atomic mass is 9.33. The van der Waals surface area contributed by atoms with Gasteiger partial charge in [0, 0.05) is 0 Å². The quantitative estimate of drug-likeness (QED) is 0.130. The maximum absolute atomic E-state index is 13.1. The van der Waals surface area contributed by atoms with Crippen molar-refractivity contribution in [3.05, 3.63) is 11.6 Å². The van der Waals surface area contributed by atoms with Gasteiger partial charge in [-0.2, -0.15) is 0 Å². The summed E-state index contributed by atoms with van der Waals surface area (Å²) in [4.78, 5) is 25.9. The highest BCUT2D eigenvalue weighted by Gasteiger charge is 2.69. The molecular formula is C42H66O13. The molecule has 0 amide bonds. The van der Waals surface area contributed by atoms with Crippen LogP contribution >= 0.6 is 0 Å². The summed E-state index contributed by atoms with van der Waals surface area (Å²) in [6.45, 7) is 16.0. The molecule has 5 aliphatic carbocycles. The standard InChI is InChI=1S/C42H66O13/c1-37(2)15-17-42(36(49)50)18-16-40(6)21(22(42)19-37)9-10-25-39(5)13-12-26(38(3,4)24(39)11-14-41(25,40)7)53-35-30(47)31(29(46)32(55-35)33(48)51-8)54-34-28(45)27(44)23(43)20-52-34/h9,22-32,34-35,43-47H,10-20H2,1-8H3,(H,49,50). The monoisotopic (exact) mass is 778 g/mol. The molecule has 6 fully saturated rings. The molecule has 2 heterocycles. The molecule has 0 spiro atoms. The molecule has 13 heteroatoms. The Morgan fingerprint density at radius 3 is 2.15 bits per heavy atom. The fourth-order valence-corrected chi connectivity index (χ4v) is 13.5. The van der Waals surface area contributed by atoms with Crippen LogP contribution in [0.1, 0.15) is 113 Å². The third-order valence-corrected chi connectivity index (χ3v) is 17.0. The van der Waals surface area contributed by atoms with Crippen molar-refractivity contribution < 1.29 is 63.9 Å². The first-order valence-corrected chi connectivity index (χ1v) is 20.6. The summed E-state index contributed by atoms with van der Waals surface area (Å²) in [6, 6.07) is 0. The molecule has 7 rings (SSSR count). The molecule has 0 aromatic heterocycles. The van der Waals surface area contributed by atoms with Crippen LogP contribution in [0.15, 0.2) is 11.6 Å². The number of ether oxygens (including phenoxy) is 5. The van der Waals surface area contributed by atoms with Crippen molar-refractivity contribution in [2.75, 3.05) is 13.7 Å². The molecule has 0 radical (unpaired) electrons. The highest BCUT2D eigenvalue weighted by Crippen LogP contribution is 2.76. The van der Waals surface area contributed by atoms with Gasteiger partial charge in [0.1, 0.15) is 36.6 Å². The molecule has 17 atom stereocenters. The van der Waals surface area contributed by atoms with Gasteiger partial charge in [0.15, 0.2) is 18.7 Å². The SMILES string of the molecule is COC(=O)C1OC(OC2CCC3(C)C(CCC4(C)C3CC=C3C5CC(C)(C)CCC5(C(=O)O)CCC34C)C2(C)C)C(O)C(OC2OCC(O)C(O)C2O)C1O. The van der Waals surface area contributed by atoms with Crippen LogP contribution < -0.4 is 0 Å². The first-order chi connectivity index (χ1) is 25.6. The number of carbonyl (C=O) groups excluding carboxylic acids is 1. The minimum Gasteiger partial charge on any atom is -0.481 e. The number of aliphatic hydroxyl groups is 5. The number of aliphatic hydroxyl groups excluding tert-OH is 5. The Morgan fingerprint density at radius 2 is 1.47 bits per heavy atom. The van der Waals surface area contributed by atoms with E-state index >= 15 is 0 Å². The second-order valence-corrected chi connectivity index (χ2v) is 20.4. The molecule has 7 aliphatic rings. The van der Waals surface area contributed by atoms with Crippen LogP contribution in [0.25, 0.3) is 0 Å². The summed E-state index contributed by atoms with van der Waals surface area (Å²) in [5, 5.41) is 64.2. The Kier molecular flexibility index (Phi) is 10.5. The number of carboxylic acid groups (broad SMARTS) is 1. The number of hydrogen-bond donors (Lipinski definition) is 6. The van der Waals surface area contributed by atoms with Crippen molar-refractivity contribution in [1.29, 1.82) is 0 Å². The zero-order valence-corrected chi connectivity index (χ0v) is 33.9. The summed E-state index contributed by atoms with van der Waals surface area (Å²) >= 11 is 0. The van der Waals surface area contributed by atoms with Crippen LogP contribution in [-0.2, 0) is 33.3 Å². The van der Waals surface area contributed by atoms with Gasteiger partial charge >= 0.3 is 11.9 Å². The van der Waals surface area contributed by atoms with E-state index in [4.69, 9.17) is 23.7 Å². The average molecular weight is 779 g/mol. The fraction of sp³-hybridized carbons (Fsp3) is 0.905. The van der Waals surface area contributed by atoms with Crippen LogP contribution in [0.4, 0.5) is 0 Å². The minimum absolute atomic E-state index is 0.0230. The Bertz CT molecular complexity index is 1530. The fourth-order valence-electron chi connectivity index (χ4n) is 13.5. The number of aliphatic carboxylic acids is 1. The Hall–Kier alpha value is -1.68. The largest absolute Gasteiger partial charge is 0.481 e. The van der Waals surface area contributed by atoms with Crippen LogP contribution in [0, 0.1) is 50.2 Å². The van der Waals surface area contributed by atoms with Gasteiger partial charge in [0.2, 0.25) is 0 Å². The smallest absolute Gasteiger partial charge is 0.337 e. The zero-order valence-electron chi connectivity index (χ0n) is 33.9. The van der Waals surface area contributed by atoms with Crippen molar-refractivity contribution in [2.45, 2.75) is 174 Å². The number of methoxy groups -OCH3 is 1. The second kappa shape index (κ2) is 14.0. The van der Waals surface area contributed by atoms with Gasteiger partial charge in [-0.15, -0.1) is 0 Å². The summed E-state index contributed by atoms with van der Waals surface area (Å²) in [5.41, 5.74) is 0.207. The molecule has 0 aromatic rings. The predicted octanol–water partition coefficient (Wildman–Crippen LogP) is 3.70. The van der Waals surface area contributed by atoms with E-state index in [-0.39, 0.29) is 40.1 Å². The van der Waals surface area contributed by atoms with Gasteiger partial charge in [-0.1, -0.05) is 60.1 Å². The first kappa shape index (κ1) is 41.5. The Morgan fingerprint density at radius 1 is 0.782 bits per heavy atom. The third-order valence-electron chi connectivity index (χ3n) is 17.0. The number of allylic oxidation sites excluding steroid dienone is 2. The topological polar surface area (TPSA) is 202 Å².